The lowest BCUT2D eigenvalue weighted by Gasteiger charge is -2.32. The third-order valence-electron chi connectivity index (χ3n) is 6.12. The highest BCUT2D eigenvalue weighted by atomic mass is 16.7. The van der Waals surface area contributed by atoms with Gasteiger partial charge in [0.25, 0.3) is 0 Å². The zero-order valence-electron chi connectivity index (χ0n) is 17.7. The molecule has 0 aromatic carbocycles. The summed E-state index contributed by atoms with van der Waals surface area (Å²) in [7, 11) is 0. The minimum Gasteiger partial charge on any atom is -0.469 e. The van der Waals surface area contributed by atoms with Crippen molar-refractivity contribution >= 4 is 0 Å². The summed E-state index contributed by atoms with van der Waals surface area (Å²) in [6, 6.07) is 0. The Morgan fingerprint density at radius 1 is 0.964 bits per heavy atom. The van der Waals surface area contributed by atoms with E-state index in [1.807, 2.05) is 0 Å². The minimum absolute atomic E-state index is 0.0383. The number of unbranched alkanes of at least 4 members (excludes halogenated alkanes) is 4. The molecule has 3 rings (SSSR count). The van der Waals surface area contributed by atoms with E-state index >= 15 is 0 Å². The van der Waals surface area contributed by atoms with Crippen LogP contribution in [-0.2, 0) is 18.9 Å². The van der Waals surface area contributed by atoms with E-state index in [-0.39, 0.29) is 30.7 Å². The number of aliphatic hydroxyl groups excluding tert-OH is 1. The Hall–Kier alpha value is -0.620. The molecule has 3 fully saturated rings. The quantitative estimate of drug-likeness (QED) is 0.413. The summed E-state index contributed by atoms with van der Waals surface area (Å²) in [6.07, 6.45) is 15.3. The van der Waals surface area contributed by atoms with Gasteiger partial charge in [-0.25, -0.2) is 0 Å². The van der Waals surface area contributed by atoms with E-state index in [1.54, 1.807) is 0 Å². The van der Waals surface area contributed by atoms with E-state index in [4.69, 9.17) is 18.9 Å². The highest BCUT2D eigenvalue weighted by molar-refractivity contribution is 5.07. The minimum atomic E-state index is -0.335. The van der Waals surface area contributed by atoms with E-state index < -0.39 is 0 Å². The van der Waals surface area contributed by atoms with E-state index in [1.165, 1.54) is 25.7 Å². The Kier molecular flexibility index (Phi) is 9.59. The van der Waals surface area contributed by atoms with Gasteiger partial charge in [-0.15, -0.1) is 0 Å². The molecular weight excluding hydrogens is 356 g/mol. The molecular formula is C23H40O5. The highest BCUT2D eigenvalue weighted by Gasteiger charge is 2.40. The van der Waals surface area contributed by atoms with Crippen LogP contribution in [0.15, 0.2) is 11.8 Å². The fraction of sp³-hybridized carbons (Fsp3) is 0.913. The van der Waals surface area contributed by atoms with Gasteiger partial charge < -0.3 is 24.1 Å². The Bertz CT molecular complexity index is 454. The van der Waals surface area contributed by atoms with Crippen LogP contribution < -0.4 is 0 Å². The van der Waals surface area contributed by atoms with Gasteiger partial charge in [-0.1, -0.05) is 26.2 Å². The summed E-state index contributed by atoms with van der Waals surface area (Å²) in [5.74, 6) is 1.07. The molecule has 0 aromatic heterocycles. The van der Waals surface area contributed by atoms with E-state index in [2.05, 4.69) is 13.0 Å². The van der Waals surface area contributed by atoms with Crippen LogP contribution in [-0.4, -0.2) is 43.1 Å². The molecule has 162 valence electrons. The highest BCUT2D eigenvalue weighted by Crippen LogP contribution is 2.38. The lowest BCUT2D eigenvalue weighted by molar-refractivity contribution is -0.199. The van der Waals surface area contributed by atoms with Crippen LogP contribution in [0.25, 0.3) is 0 Å². The van der Waals surface area contributed by atoms with Crippen molar-refractivity contribution in [1.82, 2.24) is 0 Å². The fourth-order valence-electron chi connectivity index (χ4n) is 4.49. The first-order valence-electron chi connectivity index (χ1n) is 11.7. The first-order valence-corrected chi connectivity index (χ1v) is 11.7. The van der Waals surface area contributed by atoms with Gasteiger partial charge in [-0.05, 0) is 57.4 Å². The van der Waals surface area contributed by atoms with Gasteiger partial charge in [0.15, 0.2) is 12.6 Å². The van der Waals surface area contributed by atoms with Crippen molar-refractivity contribution in [3.05, 3.63) is 11.8 Å². The zero-order chi connectivity index (χ0) is 19.6. The van der Waals surface area contributed by atoms with E-state index in [0.717, 1.165) is 63.9 Å². The standard InChI is InChI=1S/C23H40O5/c1-2-3-4-5-6-11-20(27-22-12-7-9-14-25-22)19-16-18(24)17-21(19)28-23-13-8-10-15-26-23/h11,18-19,21-24H,2-10,12-17H2,1H3/b20-11+/t18-,19+,21-,22?,23?/m1/s1. The Morgan fingerprint density at radius 3 is 2.39 bits per heavy atom. The Labute approximate surface area is 170 Å². The number of hydrogen-bond donors (Lipinski definition) is 1. The van der Waals surface area contributed by atoms with Gasteiger partial charge in [0.1, 0.15) is 5.76 Å². The smallest absolute Gasteiger partial charge is 0.199 e. The summed E-state index contributed by atoms with van der Waals surface area (Å²) < 4.78 is 24.3. The Morgan fingerprint density at radius 2 is 1.71 bits per heavy atom. The maximum atomic E-state index is 10.4. The second-order valence-electron chi connectivity index (χ2n) is 8.57. The van der Waals surface area contributed by atoms with Crippen LogP contribution in [0.1, 0.15) is 90.4 Å². The largest absolute Gasteiger partial charge is 0.469 e. The van der Waals surface area contributed by atoms with Crippen molar-refractivity contribution in [3.8, 4) is 0 Å². The van der Waals surface area contributed by atoms with Gasteiger partial charge in [-0.3, -0.25) is 0 Å². The van der Waals surface area contributed by atoms with Crippen LogP contribution in [0, 0.1) is 5.92 Å². The van der Waals surface area contributed by atoms with Gasteiger partial charge >= 0.3 is 0 Å². The molecule has 1 saturated carbocycles. The van der Waals surface area contributed by atoms with Gasteiger partial charge in [0.05, 0.1) is 18.8 Å². The molecule has 2 heterocycles. The lowest BCUT2D eigenvalue weighted by Crippen LogP contribution is -2.32. The van der Waals surface area contributed by atoms with Crippen molar-refractivity contribution in [2.24, 2.45) is 5.92 Å². The molecule has 5 atom stereocenters. The maximum absolute atomic E-state index is 10.4. The van der Waals surface area contributed by atoms with Gasteiger partial charge in [0, 0.05) is 25.4 Å². The second-order valence-corrected chi connectivity index (χ2v) is 8.57. The maximum Gasteiger partial charge on any atom is 0.199 e. The molecule has 0 aromatic rings. The summed E-state index contributed by atoms with van der Waals surface area (Å²) in [4.78, 5) is 0. The zero-order valence-corrected chi connectivity index (χ0v) is 17.7. The van der Waals surface area contributed by atoms with Gasteiger partial charge in [0.2, 0.25) is 0 Å². The monoisotopic (exact) mass is 396 g/mol. The molecule has 5 nitrogen and oxygen atoms in total. The van der Waals surface area contributed by atoms with Crippen LogP contribution in [0.5, 0.6) is 0 Å². The van der Waals surface area contributed by atoms with Crippen molar-refractivity contribution in [2.75, 3.05) is 13.2 Å². The van der Waals surface area contributed by atoms with E-state index in [9.17, 15) is 5.11 Å². The van der Waals surface area contributed by atoms with Crippen LogP contribution in [0.4, 0.5) is 0 Å². The number of ether oxygens (including phenoxy) is 4. The van der Waals surface area contributed by atoms with Crippen molar-refractivity contribution < 1.29 is 24.1 Å². The summed E-state index contributed by atoms with van der Waals surface area (Å²) >= 11 is 0. The lowest BCUT2D eigenvalue weighted by atomic mass is 10.0. The summed E-state index contributed by atoms with van der Waals surface area (Å²) in [5.41, 5.74) is 0. The normalized spacial score (nSPS) is 34.5. The molecule has 0 spiro atoms. The molecule has 2 aliphatic heterocycles. The molecule has 1 aliphatic carbocycles. The fourth-order valence-corrected chi connectivity index (χ4v) is 4.49. The molecule has 28 heavy (non-hydrogen) atoms. The third kappa shape index (κ3) is 7.01. The predicted molar refractivity (Wildman–Crippen MR) is 109 cm³/mol. The van der Waals surface area contributed by atoms with E-state index in [0.29, 0.717) is 12.8 Å². The van der Waals surface area contributed by atoms with Gasteiger partial charge in [-0.2, -0.15) is 0 Å². The van der Waals surface area contributed by atoms with Crippen LogP contribution in [0.2, 0.25) is 0 Å². The van der Waals surface area contributed by atoms with Crippen LogP contribution in [0.3, 0.4) is 0 Å². The SMILES string of the molecule is CCCCCC/C=C(/OC1CCCCO1)[C@@H]1C[C@@H](O)C[C@H]1OC1CCCCO1. The van der Waals surface area contributed by atoms with Crippen LogP contribution >= 0.6 is 0 Å². The molecule has 5 heteroatoms. The summed E-state index contributed by atoms with van der Waals surface area (Å²) in [5, 5.41) is 10.4. The predicted octanol–water partition coefficient (Wildman–Crippen LogP) is 5.07. The number of allylic oxidation sites excluding steroid dienone is 1. The first-order chi connectivity index (χ1) is 13.8. The van der Waals surface area contributed by atoms with Crippen molar-refractivity contribution in [1.29, 1.82) is 0 Å². The average Bonchev–Trinajstić information content (AvgIpc) is 3.08. The van der Waals surface area contributed by atoms with Crippen molar-refractivity contribution in [3.63, 3.8) is 0 Å². The third-order valence-corrected chi connectivity index (χ3v) is 6.12. The molecule has 3 aliphatic rings. The summed E-state index contributed by atoms with van der Waals surface area (Å²) in [6.45, 7) is 3.79. The molecule has 2 unspecified atom stereocenters. The first kappa shape index (κ1) is 22.1. The Balaban J connectivity index is 1.63. The molecule has 0 amide bonds. The molecule has 2 saturated heterocycles. The van der Waals surface area contributed by atoms with Crippen molar-refractivity contribution in [2.45, 2.75) is 115 Å². The number of aliphatic hydroxyl groups is 1. The number of rotatable bonds is 10. The average molecular weight is 397 g/mol. The number of hydrogen-bond acceptors (Lipinski definition) is 5. The molecule has 0 bridgehead atoms. The molecule has 1 N–H and O–H groups in total. The second kappa shape index (κ2) is 12.2. The topological polar surface area (TPSA) is 57.2 Å². The molecule has 0 radical (unpaired) electrons.